The average Bonchev–Trinajstić information content (AvgIpc) is 3.14. The van der Waals surface area contributed by atoms with E-state index in [0.717, 1.165) is 54.0 Å². The molecule has 0 radical (unpaired) electrons. The number of carbonyl (C=O) groups is 1. The van der Waals surface area contributed by atoms with Crippen molar-refractivity contribution >= 4 is 84.1 Å². The van der Waals surface area contributed by atoms with Gasteiger partial charge in [0.05, 0.1) is 34.0 Å². The monoisotopic (exact) mass is 563 g/mol. The van der Waals surface area contributed by atoms with Crippen molar-refractivity contribution in [3.05, 3.63) is 56.5 Å². The van der Waals surface area contributed by atoms with Gasteiger partial charge in [-0.2, -0.15) is 0 Å². The molecular formula is C21H21BrCl3N3O2S. The minimum atomic E-state index is -0.170. The molecule has 0 spiro atoms. The van der Waals surface area contributed by atoms with E-state index in [2.05, 4.69) is 20.8 Å². The highest BCUT2D eigenvalue weighted by Gasteiger charge is 2.23. The third-order valence-corrected chi connectivity index (χ3v) is 7.02. The van der Waals surface area contributed by atoms with Crippen LogP contribution in [0, 0.1) is 0 Å². The topological polar surface area (TPSA) is 45.7 Å². The van der Waals surface area contributed by atoms with E-state index in [0.29, 0.717) is 27.3 Å². The summed E-state index contributed by atoms with van der Waals surface area (Å²) in [5, 5.41) is 1.51. The number of benzene rings is 2. The lowest BCUT2D eigenvalue weighted by Crippen LogP contribution is -2.39. The minimum Gasteiger partial charge on any atom is -0.379 e. The third kappa shape index (κ3) is 6.11. The second-order valence-electron chi connectivity index (χ2n) is 7.00. The summed E-state index contributed by atoms with van der Waals surface area (Å²) in [6.07, 6.45) is 0.830. The Morgan fingerprint density at radius 2 is 1.97 bits per heavy atom. The number of halogens is 4. The average molecular weight is 566 g/mol. The molecule has 2 heterocycles. The van der Waals surface area contributed by atoms with Crippen molar-refractivity contribution in [2.75, 3.05) is 44.3 Å². The van der Waals surface area contributed by atoms with Gasteiger partial charge in [-0.3, -0.25) is 14.6 Å². The van der Waals surface area contributed by atoms with Crippen LogP contribution < -0.4 is 4.90 Å². The summed E-state index contributed by atoms with van der Waals surface area (Å²) in [7, 11) is 0. The number of aromatic nitrogens is 1. The summed E-state index contributed by atoms with van der Waals surface area (Å²) in [6, 6.07) is 10.9. The van der Waals surface area contributed by atoms with E-state index in [9.17, 15) is 4.79 Å². The lowest BCUT2D eigenvalue weighted by atomic mass is 10.2. The van der Waals surface area contributed by atoms with Gasteiger partial charge in [-0.05, 0) is 42.8 Å². The highest BCUT2D eigenvalue weighted by molar-refractivity contribution is 9.10. The van der Waals surface area contributed by atoms with Crippen molar-refractivity contribution in [1.29, 1.82) is 0 Å². The summed E-state index contributed by atoms with van der Waals surface area (Å²) in [5.41, 5.74) is 1.29. The van der Waals surface area contributed by atoms with E-state index in [1.807, 2.05) is 18.2 Å². The number of hydrogen-bond acceptors (Lipinski definition) is 5. The van der Waals surface area contributed by atoms with Crippen LogP contribution in [0.2, 0.25) is 10.0 Å². The van der Waals surface area contributed by atoms with Gasteiger partial charge in [0.25, 0.3) is 5.91 Å². The number of nitrogens with zero attached hydrogens (tertiary/aromatic N) is 3. The molecule has 166 valence electrons. The number of fused-ring (bicyclic) bond motifs is 1. The Morgan fingerprint density at radius 1 is 1.19 bits per heavy atom. The van der Waals surface area contributed by atoms with Crippen LogP contribution in [0.25, 0.3) is 10.2 Å². The Labute approximate surface area is 209 Å². The Balaban J connectivity index is 0.00000272. The van der Waals surface area contributed by atoms with Crippen LogP contribution in [0.4, 0.5) is 5.13 Å². The number of carbonyl (C=O) groups excluding carboxylic acids is 1. The zero-order chi connectivity index (χ0) is 21.1. The standard InChI is InChI=1S/C21H20BrCl2N3O2S.ClH/c22-14-2-5-18-19(12-14)30-21(25-18)27(7-1-6-26-8-10-29-11-9-26)20(28)16-4-3-15(23)13-17(16)24;/h2-5,12-13H,1,6-11H2;1H. The van der Waals surface area contributed by atoms with E-state index >= 15 is 0 Å². The van der Waals surface area contributed by atoms with Gasteiger partial charge >= 0.3 is 0 Å². The predicted octanol–water partition coefficient (Wildman–Crippen LogP) is 6.16. The number of amides is 1. The highest BCUT2D eigenvalue weighted by atomic mass is 79.9. The minimum absolute atomic E-state index is 0. The van der Waals surface area contributed by atoms with Crippen LogP contribution in [-0.4, -0.2) is 55.2 Å². The summed E-state index contributed by atoms with van der Waals surface area (Å²) >= 11 is 17.3. The first-order valence-electron chi connectivity index (χ1n) is 9.64. The molecule has 0 saturated carbocycles. The van der Waals surface area contributed by atoms with Crippen molar-refractivity contribution in [2.45, 2.75) is 6.42 Å². The Morgan fingerprint density at radius 3 is 2.71 bits per heavy atom. The predicted molar refractivity (Wildman–Crippen MR) is 135 cm³/mol. The first-order valence-corrected chi connectivity index (χ1v) is 12.0. The van der Waals surface area contributed by atoms with Crippen molar-refractivity contribution < 1.29 is 9.53 Å². The summed E-state index contributed by atoms with van der Waals surface area (Å²) in [4.78, 5) is 22.2. The van der Waals surface area contributed by atoms with Gasteiger partial charge in [0, 0.05) is 35.7 Å². The number of hydrogen-bond donors (Lipinski definition) is 0. The molecular weight excluding hydrogens is 545 g/mol. The van der Waals surface area contributed by atoms with E-state index in [4.69, 9.17) is 32.9 Å². The largest absolute Gasteiger partial charge is 0.379 e. The molecule has 31 heavy (non-hydrogen) atoms. The van der Waals surface area contributed by atoms with Crippen molar-refractivity contribution in [3.63, 3.8) is 0 Å². The second-order valence-corrected chi connectivity index (χ2v) is 9.77. The molecule has 0 bridgehead atoms. The molecule has 3 aromatic rings. The normalized spacial score (nSPS) is 14.4. The molecule has 10 heteroatoms. The maximum absolute atomic E-state index is 13.4. The molecule has 1 aliphatic rings. The van der Waals surface area contributed by atoms with Crippen LogP contribution in [0.3, 0.4) is 0 Å². The number of rotatable bonds is 6. The maximum atomic E-state index is 13.4. The summed E-state index contributed by atoms with van der Waals surface area (Å²) in [6.45, 7) is 4.82. The third-order valence-electron chi connectivity index (χ3n) is 4.94. The Kier molecular flexibility index (Phi) is 8.99. The van der Waals surface area contributed by atoms with Crippen LogP contribution >= 0.6 is 62.9 Å². The van der Waals surface area contributed by atoms with Gasteiger partial charge in [-0.25, -0.2) is 4.98 Å². The second kappa shape index (κ2) is 11.3. The molecule has 1 aliphatic heterocycles. The molecule has 1 fully saturated rings. The molecule has 1 amide bonds. The maximum Gasteiger partial charge on any atom is 0.261 e. The van der Waals surface area contributed by atoms with Crippen LogP contribution in [-0.2, 0) is 4.74 Å². The van der Waals surface area contributed by atoms with Gasteiger partial charge in [-0.1, -0.05) is 50.5 Å². The molecule has 2 aromatic carbocycles. The zero-order valence-electron chi connectivity index (χ0n) is 16.5. The van der Waals surface area contributed by atoms with Gasteiger partial charge in [0.15, 0.2) is 5.13 Å². The first kappa shape index (κ1) is 24.7. The van der Waals surface area contributed by atoms with Crippen molar-refractivity contribution in [2.24, 2.45) is 0 Å². The van der Waals surface area contributed by atoms with Crippen LogP contribution in [0.15, 0.2) is 40.9 Å². The number of ether oxygens (including phenoxy) is 1. The molecule has 0 aliphatic carbocycles. The van der Waals surface area contributed by atoms with Crippen molar-refractivity contribution in [1.82, 2.24) is 9.88 Å². The van der Waals surface area contributed by atoms with Gasteiger partial charge in [0.2, 0.25) is 0 Å². The fourth-order valence-corrected chi connectivity index (χ4v) is 5.40. The van der Waals surface area contributed by atoms with Gasteiger partial charge < -0.3 is 4.74 Å². The summed E-state index contributed by atoms with van der Waals surface area (Å²) in [5.74, 6) is -0.170. The molecule has 1 saturated heterocycles. The zero-order valence-corrected chi connectivity index (χ0v) is 21.3. The number of anilines is 1. The summed E-state index contributed by atoms with van der Waals surface area (Å²) < 4.78 is 7.42. The van der Waals surface area contributed by atoms with E-state index < -0.39 is 0 Å². The van der Waals surface area contributed by atoms with Gasteiger partial charge in [0.1, 0.15) is 0 Å². The molecule has 1 aromatic heterocycles. The van der Waals surface area contributed by atoms with Crippen LogP contribution in [0.1, 0.15) is 16.8 Å². The quantitative estimate of drug-likeness (QED) is 0.359. The van der Waals surface area contributed by atoms with E-state index in [-0.39, 0.29) is 18.3 Å². The molecule has 4 rings (SSSR count). The van der Waals surface area contributed by atoms with Crippen LogP contribution in [0.5, 0.6) is 0 Å². The number of thiazole rings is 1. The SMILES string of the molecule is Cl.O=C(c1ccc(Cl)cc1Cl)N(CCCN1CCOCC1)c1nc2ccc(Br)cc2s1. The molecule has 5 nitrogen and oxygen atoms in total. The number of morpholine rings is 1. The van der Waals surface area contributed by atoms with E-state index in [1.54, 1.807) is 23.1 Å². The van der Waals surface area contributed by atoms with Crippen molar-refractivity contribution in [3.8, 4) is 0 Å². The lowest BCUT2D eigenvalue weighted by molar-refractivity contribution is 0.0376. The fourth-order valence-electron chi connectivity index (χ4n) is 3.37. The highest BCUT2D eigenvalue weighted by Crippen LogP contribution is 2.33. The Hall–Kier alpha value is -0.930. The smallest absolute Gasteiger partial charge is 0.261 e. The Bertz CT molecular complexity index is 1060. The van der Waals surface area contributed by atoms with E-state index in [1.165, 1.54) is 11.3 Å². The lowest BCUT2D eigenvalue weighted by Gasteiger charge is -2.27. The molecule has 0 atom stereocenters. The molecule has 0 unspecified atom stereocenters. The fraction of sp³-hybridized carbons (Fsp3) is 0.333. The molecule has 0 N–H and O–H groups in total. The first-order chi connectivity index (χ1) is 14.5. The van der Waals surface area contributed by atoms with Gasteiger partial charge in [-0.15, -0.1) is 12.4 Å².